The fourth-order valence-electron chi connectivity index (χ4n) is 1.62. The lowest BCUT2D eigenvalue weighted by Crippen LogP contribution is -2.35. The van der Waals surface area contributed by atoms with Crippen LogP contribution in [-0.2, 0) is 11.3 Å². The quantitative estimate of drug-likeness (QED) is 0.855. The lowest BCUT2D eigenvalue weighted by atomic mass is 10.2. The van der Waals surface area contributed by atoms with Crippen LogP contribution in [0.5, 0.6) is 5.75 Å². The fraction of sp³-hybridized carbons (Fsp3) is 0.500. The van der Waals surface area contributed by atoms with Gasteiger partial charge in [0.05, 0.1) is 0 Å². The molecule has 1 aromatic carbocycles. The second-order valence-electron chi connectivity index (χ2n) is 4.54. The van der Waals surface area contributed by atoms with Crippen LogP contribution < -0.4 is 10.1 Å². The minimum absolute atomic E-state index is 0.1000. The first-order valence-electron chi connectivity index (χ1n) is 6.32. The van der Waals surface area contributed by atoms with Crippen molar-refractivity contribution in [3.05, 3.63) is 29.6 Å². The topological polar surface area (TPSA) is 41.6 Å². The van der Waals surface area contributed by atoms with Crippen LogP contribution in [0.3, 0.4) is 0 Å². The first-order chi connectivity index (χ1) is 8.95. The third-order valence-electron chi connectivity index (χ3n) is 2.67. The van der Waals surface area contributed by atoms with Gasteiger partial charge in [0.15, 0.2) is 17.7 Å². The second-order valence-corrected chi connectivity index (χ2v) is 4.54. The zero-order valence-corrected chi connectivity index (χ0v) is 11.9. The highest BCUT2D eigenvalue weighted by Gasteiger charge is 2.18. The number of amides is 1. The molecule has 0 aliphatic rings. The minimum atomic E-state index is -0.705. The Bertz CT molecular complexity index is 435. The molecule has 0 spiro atoms. The van der Waals surface area contributed by atoms with E-state index < -0.39 is 11.9 Å². The number of halogens is 1. The summed E-state index contributed by atoms with van der Waals surface area (Å²) in [6, 6.07) is 4.76. The summed E-state index contributed by atoms with van der Waals surface area (Å²) in [6.07, 6.45) is -0.705. The van der Waals surface area contributed by atoms with E-state index in [1.54, 1.807) is 33.2 Å². The standard InChI is InChI=1S/C14H21FN2O2/c1-5-16-9-11-6-7-13(12(15)8-11)19-10(2)14(18)17(3)4/h6-8,10,16H,5,9H2,1-4H3. The molecular formula is C14H21FN2O2. The number of rotatable bonds is 6. The Morgan fingerprint density at radius 3 is 2.68 bits per heavy atom. The van der Waals surface area contributed by atoms with Crippen molar-refractivity contribution in [2.24, 2.45) is 0 Å². The van der Waals surface area contributed by atoms with Crippen molar-refractivity contribution < 1.29 is 13.9 Å². The van der Waals surface area contributed by atoms with Crippen LogP contribution in [0.2, 0.25) is 0 Å². The summed E-state index contributed by atoms with van der Waals surface area (Å²) in [5, 5.41) is 3.12. The Morgan fingerprint density at radius 2 is 2.16 bits per heavy atom. The summed E-state index contributed by atoms with van der Waals surface area (Å²) < 4.78 is 19.2. The van der Waals surface area contributed by atoms with Gasteiger partial charge in [0, 0.05) is 20.6 Å². The number of hydrogen-bond donors (Lipinski definition) is 1. The van der Waals surface area contributed by atoms with Crippen molar-refractivity contribution in [2.75, 3.05) is 20.6 Å². The molecule has 1 amide bonds. The molecule has 0 aromatic heterocycles. The van der Waals surface area contributed by atoms with E-state index in [4.69, 9.17) is 4.74 Å². The van der Waals surface area contributed by atoms with Gasteiger partial charge < -0.3 is 15.0 Å². The Morgan fingerprint density at radius 1 is 1.47 bits per heavy atom. The summed E-state index contributed by atoms with van der Waals surface area (Å²) in [6.45, 7) is 5.03. The second kappa shape index (κ2) is 7.09. The summed E-state index contributed by atoms with van der Waals surface area (Å²) in [5.74, 6) is -0.548. The molecule has 19 heavy (non-hydrogen) atoms. The van der Waals surface area contributed by atoms with Crippen molar-refractivity contribution in [2.45, 2.75) is 26.5 Å². The Labute approximate surface area is 113 Å². The number of nitrogens with zero attached hydrogens (tertiary/aromatic N) is 1. The summed E-state index contributed by atoms with van der Waals surface area (Å²) in [5.41, 5.74) is 0.846. The van der Waals surface area contributed by atoms with E-state index in [2.05, 4.69) is 5.32 Å². The van der Waals surface area contributed by atoms with Crippen molar-refractivity contribution in [1.82, 2.24) is 10.2 Å². The largest absolute Gasteiger partial charge is 0.478 e. The van der Waals surface area contributed by atoms with E-state index in [0.29, 0.717) is 6.54 Å². The van der Waals surface area contributed by atoms with Gasteiger partial charge in [-0.3, -0.25) is 4.79 Å². The Balaban J connectivity index is 2.72. The number of carbonyl (C=O) groups is 1. The summed E-state index contributed by atoms with van der Waals surface area (Å²) >= 11 is 0. The van der Waals surface area contributed by atoms with Crippen molar-refractivity contribution >= 4 is 5.91 Å². The number of hydrogen-bond acceptors (Lipinski definition) is 3. The average Bonchev–Trinajstić information content (AvgIpc) is 2.37. The third kappa shape index (κ3) is 4.52. The SMILES string of the molecule is CCNCc1ccc(OC(C)C(=O)N(C)C)c(F)c1. The molecule has 4 nitrogen and oxygen atoms in total. The van der Waals surface area contributed by atoms with Crippen molar-refractivity contribution in [1.29, 1.82) is 0 Å². The zero-order valence-electron chi connectivity index (χ0n) is 11.9. The lowest BCUT2D eigenvalue weighted by molar-refractivity contribution is -0.135. The van der Waals surface area contributed by atoms with Crippen LogP contribution in [0, 0.1) is 5.82 Å². The van der Waals surface area contributed by atoms with Crippen molar-refractivity contribution in [3.8, 4) is 5.75 Å². The molecule has 0 fully saturated rings. The molecule has 1 atom stereocenters. The Kier molecular flexibility index (Phi) is 5.76. The molecule has 0 aliphatic carbocycles. The average molecular weight is 268 g/mol. The van der Waals surface area contributed by atoms with Gasteiger partial charge in [-0.25, -0.2) is 4.39 Å². The zero-order chi connectivity index (χ0) is 14.4. The molecule has 1 unspecified atom stereocenters. The van der Waals surface area contributed by atoms with Crippen LogP contribution in [0.4, 0.5) is 4.39 Å². The highest BCUT2D eigenvalue weighted by molar-refractivity contribution is 5.80. The number of likely N-dealkylation sites (N-methyl/N-ethyl adjacent to an activating group) is 1. The van der Waals surface area contributed by atoms with Gasteiger partial charge in [0.25, 0.3) is 5.91 Å². The minimum Gasteiger partial charge on any atom is -0.478 e. The smallest absolute Gasteiger partial charge is 0.262 e. The van der Waals surface area contributed by atoms with Gasteiger partial charge >= 0.3 is 0 Å². The van der Waals surface area contributed by atoms with Gasteiger partial charge in [-0.05, 0) is 31.2 Å². The highest BCUT2D eigenvalue weighted by atomic mass is 19.1. The van der Waals surface area contributed by atoms with Gasteiger partial charge in [0.1, 0.15) is 0 Å². The van der Waals surface area contributed by atoms with Crippen LogP contribution in [0.15, 0.2) is 18.2 Å². The van der Waals surface area contributed by atoms with Gasteiger partial charge in [0.2, 0.25) is 0 Å². The number of nitrogens with one attached hydrogen (secondary N) is 1. The van der Waals surface area contributed by atoms with Gasteiger partial charge in [-0.2, -0.15) is 0 Å². The van der Waals surface area contributed by atoms with Crippen molar-refractivity contribution in [3.63, 3.8) is 0 Å². The molecule has 0 aliphatic heterocycles. The van der Waals surface area contributed by atoms with Crippen LogP contribution >= 0.6 is 0 Å². The number of carbonyl (C=O) groups excluding carboxylic acids is 1. The van der Waals surface area contributed by atoms with E-state index in [-0.39, 0.29) is 11.7 Å². The molecule has 1 aromatic rings. The number of ether oxygens (including phenoxy) is 1. The molecule has 1 N–H and O–H groups in total. The highest BCUT2D eigenvalue weighted by Crippen LogP contribution is 2.20. The molecule has 106 valence electrons. The van der Waals surface area contributed by atoms with Crippen LogP contribution in [-0.4, -0.2) is 37.6 Å². The van der Waals surface area contributed by atoms with Gasteiger partial charge in [-0.15, -0.1) is 0 Å². The predicted molar refractivity (Wildman–Crippen MR) is 72.6 cm³/mol. The van der Waals surface area contributed by atoms with Crippen LogP contribution in [0.1, 0.15) is 19.4 Å². The maximum absolute atomic E-state index is 13.8. The maximum Gasteiger partial charge on any atom is 0.262 e. The molecular weight excluding hydrogens is 247 g/mol. The maximum atomic E-state index is 13.8. The molecule has 0 saturated carbocycles. The predicted octanol–water partition coefficient (Wildman–Crippen LogP) is 1.79. The van der Waals surface area contributed by atoms with E-state index >= 15 is 0 Å². The Hall–Kier alpha value is -1.62. The number of benzene rings is 1. The fourth-order valence-corrected chi connectivity index (χ4v) is 1.62. The molecule has 0 radical (unpaired) electrons. The molecule has 0 bridgehead atoms. The van der Waals surface area contributed by atoms with E-state index in [1.807, 2.05) is 6.92 Å². The van der Waals surface area contributed by atoms with E-state index in [9.17, 15) is 9.18 Å². The molecule has 1 rings (SSSR count). The molecule has 0 saturated heterocycles. The van der Waals surface area contributed by atoms with Gasteiger partial charge in [-0.1, -0.05) is 13.0 Å². The first kappa shape index (κ1) is 15.4. The molecule has 5 heteroatoms. The lowest BCUT2D eigenvalue weighted by Gasteiger charge is -2.18. The molecule has 0 heterocycles. The normalized spacial score (nSPS) is 12.1. The van der Waals surface area contributed by atoms with Crippen LogP contribution in [0.25, 0.3) is 0 Å². The third-order valence-corrected chi connectivity index (χ3v) is 2.67. The summed E-state index contributed by atoms with van der Waals surface area (Å²) in [7, 11) is 3.27. The van der Waals surface area contributed by atoms with E-state index in [0.717, 1.165) is 12.1 Å². The monoisotopic (exact) mass is 268 g/mol. The first-order valence-corrected chi connectivity index (χ1v) is 6.32. The van der Waals surface area contributed by atoms with E-state index in [1.165, 1.54) is 11.0 Å². The summed E-state index contributed by atoms with van der Waals surface area (Å²) in [4.78, 5) is 13.1.